The van der Waals surface area contributed by atoms with Crippen molar-refractivity contribution >= 4 is 75.9 Å². The van der Waals surface area contributed by atoms with Crippen LogP contribution in [0.3, 0.4) is 0 Å². The van der Waals surface area contributed by atoms with Crippen molar-refractivity contribution in [1.82, 2.24) is 10.6 Å². The van der Waals surface area contributed by atoms with E-state index in [1.807, 2.05) is 68.4 Å². The summed E-state index contributed by atoms with van der Waals surface area (Å²) < 4.78 is 0. The van der Waals surface area contributed by atoms with Gasteiger partial charge < -0.3 is 57.8 Å². The first-order valence-electron chi connectivity index (χ1n) is 13.7. The largest absolute Gasteiger partial charge is 2.00 e. The van der Waals surface area contributed by atoms with E-state index in [0.29, 0.717) is 17.7 Å². The first kappa shape index (κ1) is 38.0. The molecule has 0 atom stereocenters. The first-order chi connectivity index (χ1) is 20.8. The summed E-state index contributed by atoms with van der Waals surface area (Å²) in [5.74, 6) is 0. The molecule has 0 aliphatic carbocycles. The normalized spacial score (nSPS) is 12.4. The number of halogens is 1. The quantitative estimate of drug-likeness (QED) is 0.0639. The summed E-state index contributed by atoms with van der Waals surface area (Å²) in [7, 11) is 3.56. The molecule has 12 heteroatoms. The molecule has 4 aromatic rings. The SMILES string of the molecule is CNC([S-])=NN=C(C(C)=NN=C([S-])NC[P+](c1ccccc1)(c1ccccc1)c1ccccc1)c1ccc(N(C)C)cc1.[Br-].[Cu+2]. The predicted octanol–water partition coefficient (Wildman–Crippen LogP) is 1.40. The molecule has 0 unspecified atom stereocenters. The van der Waals surface area contributed by atoms with Crippen molar-refractivity contribution in [2.45, 2.75) is 6.92 Å². The fraction of sp³-hybridized carbons (Fsp3) is 0.152. The van der Waals surface area contributed by atoms with E-state index in [2.05, 4.69) is 104 Å². The fourth-order valence-corrected chi connectivity index (χ4v) is 8.69. The Kier molecular flexibility index (Phi) is 15.8. The van der Waals surface area contributed by atoms with Gasteiger partial charge in [0.15, 0.2) is 0 Å². The van der Waals surface area contributed by atoms with Crippen molar-refractivity contribution in [3.8, 4) is 0 Å². The van der Waals surface area contributed by atoms with Gasteiger partial charge in [-0.15, -0.1) is 5.10 Å². The molecular formula is C33H35BrCuN7PS2. The van der Waals surface area contributed by atoms with Crippen molar-refractivity contribution in [3.05, 3.63) is 121 Å². The minimum atomic E-state index is -2.13. The second-order valence-electron chi connectivity index (χ2n) is 9.79. The molecule has 0 saturated heterocycles. The summed E-state index contributed by atoms with van der Waals surface area (Å²) in [6, 6.07) is 39.8. The van der Waals surface area contributed by atoms with Crippen molar-refractivity contribution in [3.63, 3.8) is 0 Å². The summed E-state index contributed by atoms with van der Waals surface area (Å²) in [5, 5.41) is 27.9. The minimum absolute atomic E-state index is 0. The molecular weight excluding hydrogens is 733 g/mol. The third-order valence-electron chi connectivity index (χ3n) is 6.80. The number of anilines is 1. The van der Waals surface area contributed by atoms with Crippen molar-refractivity contribution in [2.75, 3.05) is 32.3 Å². The minimum Gasteiger partial charge on any atom is -1.00 e. The number of hydrogen-bond donors (Lipinski definition) is 2. The van der Waals surface area contributed by atoms with Crippen LogP contribution in [0.5, 0.6) is 0 Å². The van der Waals surface area contributed by atoms with Gasteiger partial charge in [0, 0.05) is 37.6 Å². The van der Waals surface area contributed by atoms with Gasteiger partial charge in [-0.25, -0.2) is 0 Å². The monoisotopic (exact) mass is 766 g/mol. The molecule has 0 spiro atoms. The van der Waals surface area contributed by atoms with E-state index in [1.54, 1.807) is 7.05 Å². The maximum atomic E-state index is 5.70. The third-order valence-corrected chi connectivity index (χ3v) is 11.5. The average molecular weight is 768 g/mol. The number of benzene rings is 4. The van der Waals surface area contributed by atoms with Crippen LogP contribution in [0, 0.1) is 0 Å². The van der Waals surface area contributed by atoms with E-state index in [1.165, 1.54) is 15.9 Å². The molecule has 2 N–H and O–H groups in total. The molecule has 0 aliphatic heterocycles. The number of hydrogen-bond acceptors (Lipinski definition) is 7. The van der Waals surface area contributed by atoms with Gasteiger partial charge in [-0.2, -0.15) is 15.3 Å². The molecule has 0 saturated carbocycles. The molecule has 1 radical (unpaired) electrons. The Morgan fingerprint density at radius 3 is 1.53 bits per heavy atom. The maximum Gasteiger partial charge on any atom is 2.00 e. The summed E-state index contributed by atoms with van der Waals surface area (Å²) in [5.41, 5.74) is 3.01. The maximum absolute atomic E-state index is 5.70. The number of rotatable bonds is 10. The molecule has 0 amide bonds. The van der Waals surface area contributed by atoms with Crippen LogP contribution in [0.2, 0.25) is 0 Å². The first-order valence-corrected chi connectivity index (χ1v) is 16.5. The molecule has 45 heavy (non-hydrogen) atoms. The Bertz CT molecular complexity index is 1510. The molecule has 0 aromatic heterocycles. The molecule has 0 heterocycles. The van der Waals surface area contributed by atoms with Crippen LogP contribution in [-0.4, -0.2) is 49.2 Å². The Labute approximate surface area is 299 Å². The van der Waals surface area contributed by atoms with Gasteiger partial charge in [-0.1, -0.05) is 66.7 Å². The van der Waals surface area contributed by atoms with E-state index in [0.717, 1.165) is 11.3 Å². The van der Waals surface area contributed by atoms with Crippen LogP contribution in [0.4, 0.5) is 5.69 Å². The van der Waals surface area contributed by atoms with Crippen LogP contribution in [0.15, 0.2) is 136 Å². The molecule has 4 aromatic carbocycles. The van der Waals surface area contributed by atoms with Crippen molar-refractivity contribution in [1.29, 1.82) is 0 Å². The second-order valence-corrected chi connectivity index (χ2v) is 14.0. The molecule has 237 valence electrons. The Balaban J connectivity index is 0.00000353. The van der Waals surface area contributed by atoms with Gasteiger partial charge in [-0.05, 0) is 60.6 Å². The summed E-state index contributed by atoms with van der Waals surface area (Å²) in [4.78, 5) is 2.03. The van der Waals surface area contributed by atoms with Crippen LogP contribution in [0.1, 0.15) is 12.5 Å². The zero-order chi connectivity index (χ0) is 30.7. The van der Waals surface area contributed by atoms with E-state index >= 15 is 0 Å². The predicted molar refractivity (Wildman–Crippen MR) is 192 cm³/mol. The van der Waals surface area contributed by atoms with Crippen LogP contribution < -0.4 is 48.4 Å². The van der Waals surface area contributed by atoms with E-state index in [-0.39, 0.29) is 44.4 Å². The smallest absolute Gasteiger partial charge is 1.00 e. The Morgan fingerprint density at radius 2 is 1.11 bits per heavy atom. The van der Waals surface area contributed by atoms with E-state index in [4.69, 9.17) is 25.3 Å². The van der Waals surface area contributed by atoms with Crippen molar-refractivity contribution < 1.29 is 34.1 Å². The fourth-order valence-electron chi connectivity index (χ4n) is 4.56. The van der Waals surface area contributed by atoms with Gasteiger partial charge in [0.25, 0.3) is 0 Å². The number of nitrogens with zero attached hydrogens (tertiary/aromatic N) is 5. The Morgan fingerprint density at radius 1 is 0.667 bits per heavy atom. The number of amidine groups is 2. The topological polar surface area (TPSA) is 76.7 Å². The zero-order valence-corrected chi connectivity index (χ0v) is 30.4. The second kappa shape index (κ2) is 18.7. The summed E-state index contributed by atoms with van der Waals surface area (Å²) in [6.07, 6.45) is 0.584. The van der Waals surface area contributed by atoms with Gasteiger partial charge in [0.2, 0.25) is 0 Å². The zero-order valence-electron chi connectivity index (χ0n) is 25.4. The molecule has 0 bridgehead atoms. The van der Waals surface area contributed by atoms with Gasteiger partial charge in [0.1, 0.15) is 35.2 Å². The van der Waals surface area contributed by atoms with Crippen LogP contribution in [0.25, 0.3) is 0 Å². The van der Waals surface area contributed by atoms with E-state index in [9.17, 15) is 0 Å². The van der Waals surface area contributed by atoms with Crippen molar-refractivity contribution in [2.24, 2.45) is 20.4 Å². The standard InChI is InChI=1S/C33H36N7PS2.BrH.Cu/c1-25(31(37-38-32(42)34-2)26-20-22-27(23-21-26)40(3)4)36-39-33(43)35-24-41(28-14-8-5-9-15-28,29-16-10-6-11-17-29)30-18-12-7-13-19-30;;/h5-23H,24H2,1-4H3,(H3-,34,35,36,37,38,39,42,43);1H;/q;;+2/p-2. The Hall–Kier alpha value is -3.17. The summed E-state index contributed by atoms with van der Waals surface area (Å²) in [6.45, 7) is 1.83. The van der Waals surface area contributed by atoms with Gasteiger partial charge >= 0.3 is 17.1 Å². The van der Waals surface area contributed by atoms with Gasteiger partial charge in [0.05, 0.1) is 5.71 Å². The average Bonchev–Trinajstić information content (AvgIpc) is 3.05. The molecule has 0 fully saturated rings. The molecule has 4 rings (SSSR count). The van der Waals surface area contributed by atoms with Crippen LogP contribution >= 0.6 is 7.26 Å². The molecule has 0 aliphatic rings. The third kappa shape index (κ3) is 9.91. The molecule has 7 nitrogen and oxygen atoms in total. The summed E-state index contributed by atoms with van der Waals surface area (Å²) >= 11 is 10.9. The van der Waals surface area contributed by atoms with E-state index < -0.39 is 7.26 Å². The number of nitrogens with one attached hydrogen (secondary N) is 2. The van der Waals surface area contributed by atoms with Crippen LogP contribution in [-0.2, 0) is 42.3 Å². The van der Waals surface area contributed by atoms with Gasteiger partial charge in [-0.3, -0.25) is 0 Å².